The number of carbonyl (C=O) groups is 1. The summed E-state index contributed by atoms with van der Waals surface area (Å²) in [5, 5.41) is 2.10. The molecule has 0 fully saturated rings. The second-order valence-electron chi connectivity index (χ2n) is 9.00. The van der Waals surface area contributed by atoms with Crippen molar-refractivity contribution >= 4 is 22.6 Å². The lowest BCUT2D eigenvalue weighted by Crippen LogP contribution is -2.29. The van der Waals surface area contributed by atoms with Gasteiger partial charge in [0, 0.05) is 65.4 Å². The van der Waals surface area contributed by atoms with Crippen LogP contribution in [0.15, 0.2) is 83.8 Å². The Morgan fingerprint density at radius 3 is 2.43 bits per heavy atom. The zero-order chi connectivity index (χ0) is 25.9. The van der Waals surface area contributed by atoms with E-state index in [1.807, 2.05) is 24.3 Å². The number of rotatable bonds is 7. The number of benzene rings is 3. The van der Waals surface area contributed by atoms with Gasteiger partial charge in [0.2, 0.25) is 5.36 Å². The third-order valence-corrected chi connectivity index (χ3v) is 7.11. The zero-order valence-electron chi connectivity index (χ0n) is 21.9. The van der Waals surface area contributed by atoms with Crippen LogP contribution < -0.4 is 14.8 Å². The van der Waals surface area contributed by atoms with Crippen LogP contribution in [0.5, 0.6) is 0 Å². The van der Waals surface area contributed by atoms with Gasteiger partial charge in [-0.15, -0.1) is 0 Å². The molecule has 0 N–H and O–H groups in total. The molecule has 2 aromatic carbocycles. The fourth-order valence-electron chi connectivity index (χ4n) is 5.13. The van der Waals surface area contributed by atoms with E-state index in [1.54, 1.807) is 18.7 Å². The Balaban J connectivity index is 1.85. The first-order valence-corrected chi connectivity index (χ1v) is 13.0. The predicted octanol–water partition coefficient (Wildman–Crippen LogP) is 5.75. The first kappa shape index (κ1) is 24.5. The molecule has 2 aliphatic rings. The van der Waals surface area contributed by atoms with Crippen molar-refractivity contribution in [2.45, 2.75) is 27.7 Å². The topological polar surface area (TPSA) is 54.3 Å². The highest BCUT2D eigenvalue weighted by Gasteiger charge is 2.23. The van der Waals surface area contributed by atoms with Crippen molar-refractivity contribution in [3.8, 4) is 22.5 Å². The predicted molar refractivity (Wildman–Crippen MR) is 150 cm³/mol. The molecule has 1 aliphatic carbocycles. The van der Waals surface area contributed by atoms with Gasteiger partial charge in [0.05, 0.1) is 6.07 Å². The third-order valence-electron chi connectivity index (χ3n) is 7.11. The van der Waals surface area contributed by atoms with E-state index in [9.17, 15) is 4.79 Å². The molecule has 0 saturated carbocycles. The molecule has 5 rings (SSSR count). The number of anilines is 1. The van der Waals surface area contributed by atoms with Gasteiger partial charge in [0.15, 0.2) is 0 Å². The van der Waals surface area contributed by atoms with Crippen LogP contribution in [-0.4, -0.2) is 41.6 Å². The second-order valence-corrected chi connectivity index (χ2v) is 9.00. The lowest BCUT2D eigenvalue weighted by molar-refractivity contribution is 0.0960. The van der Waals surface area contributed by atoms with Crippen LogP contribution in [0.25, 0.3) is 33.4 Å². The van der Waals surface area contributed by atoms with Crippen LogP contribution in [0.2, 0.25) is 0 Å². The van der Waals surface area contributed by atoms with E-state index in [0.29, 0.717) is 5.56 Å². The molecule has 0 spiro atoms. The number of carbonyl (C=O) groups excluding carboxylic acids is 1. The highest BCUT2D eigenvalue weighted by atomic mass is 16.3. The third kappa shape index (κ3) is 4.44. The lowest BCUT2D eigenvalue weighted by atomic mass is 9.90. The van der Waals surface area contributed by atoms with E-state index in [-0.39, 0.29) is 5.91 Å². The molecule has 0 amide bonds. The number of fused-ring (bicyclic) bond motifs is 2. The Labute approximate surface area is 217 Å². The number of hydrogen-bond acceptors (Lipinski definition) is 4. The first-order chi connectivity index (χ1) is 18.1. The van der Waals surface area contributed by atoms with Gasteiger partial charge in [-0.2, -0.15) is 0 Å². The standard InChI is InChI=1S/C31H33N4O2/c1-5-33(6-2)22-13-15-26-28(19-22)37-29-20-23(34(7-3)8-4)14-16-27(29)30(26)24-11-9-10-12-25(24)31(36)35-18-17-32-21-35/h9-21H,5-8H2,1-4H3/q+1. The zero-order valence-corrected chi connectivity index (χ0v) is 21.9. The molecular weight excluding hydrogens is 460 g/mol. The molecule has 6 heteroatoms. The second kappa shape index (κ2) is 10.4. The molecule has 1 aliphatic heterocycles. The SMILES string of the molecule is CCN(CC)c1ccc2c(-c3ccccc3C(=O)n3ccnc3)c3ccc(=[N+](CC)CC)cc-3oc2c1. The van der Waals surface area contributed by atoms with E-state index in [2.05, 4.69) is 78.6 Å². The Morgan fingerprint density at radius 1 is 0.946 bits per heavy atom. The van der Waals surface area contributed by atoms with E-state index in [1.165, 1.54) is 4.57 Å². The number of aromatic nitrogens is 2. The molecule has 3 aromatic rings. The van der Waals surface area contributed by atoms with Crippen molar-refractivity contribution in [1.29, 1.82) is 0 Å². The van der Waals surface area contributed by atoms with Crippen LogP contribution >= 0.6 is 0 Å². The van der Waals surface area contributed by atoms with Crippen LogP contribution in [0.1, 0.15) is 38.1 Å². The van der Waals surface area contributed by atoms with Gasteiger partial charge in [-0.3, -0.25) is 9.36 Å². The lowest BCUT2D eigenvalue weighted by Gasteiger charge is -2.22. The van der Waals surface area contributed by atoms with Crippen LogP contribution in [-0.2, 0) is 0 Å². The van der Waals surface area contributed by atoms with Gasteiger partial charge >= 0.3 is 0 Å². The summed E-state index contributed by atoms with van der Waals surface area (Å²) in [5.74, 6) is 0.684. The molecule has 0 bridgehead atoms. The summed E-state index contributed by atoms with van der Waals surface area (Å²) in [6.07, 6.45) is 4.85. The van der Waals surface area contributed by atoms with Crippen LogP contribution in [0, 0.1) is 0 Å². The summed E-state index contributed by atoms with van der Waals surface area (Å²) in [6, 6.07) is 20.6. The van der Waals surface area contributed by atoms with Crippen LogP contribution in [0.4, 0.5) is 5.69 Å². The highest BCUT2D eigenvalue weighted by molar-refractivity contribution is 6.09. The molecule has 0 unspecified atom stereocenters. The van der Waals surface area contributed by atoms with Gasteiger partial charge in [-0.05, 0) is 57.5 Å². The maximum absolute atomic E-state index is 13.5. The molecule has 0 atom stereocenters. The van der Waals surface area contributed by atoms with E-state index in [4.69, 9.17) is 4.42 Å². The summed E-state index contributed by atoms with van der Waals surface area (Å²) in [7, 11) is 0. The maximum Gasteiger partial charge on any atom is 0.263 e. The maximum atomic E-state index is 13.5. The van der Waals surface area contributed by atoms with Crippen LogP contribution in [0.3, 0.4) is 0 Å². The number of imidazole rings is 1. The van der Waals surface area contributed by atoms with Crippen molar-refractivity contribution in [1.82, 2.24) is 14.1 Å². The highest BCUT2D eigenvalue weighted by Crippen LogP contribution is 2.42. The minimum Gasteiger partial charge on any atom is -0.456 e. The Kier molecular flexibility index (Phi) is 6.91. The Bertz CT molecular complexity index is 1590. The number of hydrogen-bond donors (Lipinski definition) is 0. The molecule has 188 valence electrons. The van der Waals surface area contributed by atoms with Gasteiger partial charge in [0.25, 0.3) is 5.91 Å². The molecule has 1 aromatic heterocycles. The minimum atomic E-state index is -0.116. The molecule has 6 nitrogen and oxygen atoms in total. The summed E-state index contributed by atoms with van der Waals surface area (Å²) in [6.45, 7) is 12.3. The van der Waals surface area contributed by atoms with Gasteiger partial charge in [0.1, 0.15) is 30.8 Å². The van der Waals surface area contributed by atoms with Crippen molar-refractivity contribution in [2.75, 3.05) is 31.1 Å². The van der Waals surface area contributed by atoms with Gasteiger partial charge in [-0.1, -0.05) is 18.2 Å². The average molecular weight is 494 g/mol. The van der Waals surface area contributed by atoms with E-state index >= 15 is 0 Å². The van der Waals surface area contributed by atoms with E-state index in [0.717, 1.165) is 70.6 Å². The molecular formula is C31H33N4O2+. The summed E-state index contributed by atoms with van der Waals surface area (Å²) in [5.41, 5.74) is 5.39. The molecule has 0 saturated heterocycles. The Morgan fingerprint density at radius 2 is 1.73 bits per heavy atom. The fourth-order valence-corrected chi connectivity index (χ4v) is 5.13. The van der Waals surface area contributed by atoms with Crippen molar-refractivity contribution < 1.29 is 9.21 Å². The fraction of sp³-hybridized carbons (Fsp3) is 0.258. The number of nitrogens with zero attached hydrogens (tertiary/aromatic N) is 4. The van der Waals surface area contributed by atoms with Crippen molar-refractivity contribution in [3.63, 3.8) is 0 Å². The summed E-state index contributed by atoms with van der Waals surface area (Å²) < 4.78 is 10.4. The normalized spacial score (nSPS) is 11.2. The average Bonchev–Trinajstić information content (AvgIpc) is 3.48. The molecule has 0 radical (unpaired) electrons. The molecule has 37 heavy (non-hydrogen) atoms. The van der Waals surface area contributed by atoms with Gasteiger partial charge in [-0.25, -0.2) is 9.56 Å². The van der Waals surface area contributed by atoms with E-state index < -0.39 is 0 Å². The van der Waals surface area contributed by atoms with Crippen molar-refractivity contribution in [3.05, 3.63) is 90.3 Å². The monoisotopic (exact) mass is 493 g/mol. The minimum absolute atomic E-state index is 0.116. The summed E-state index contributed by atoms with van der Waals surface area (Å²) in [4.78, 5) is 19.9. The quantitative estimate of drug-likeness (QED) is 0.214. The first-order valence-electron chi connectivity index (χ1n) is 13.0. The summed E-state index contributed by atoms with van der Waals surface area (Å²) >= 11 is 0. The molecule has 2 heterocycles. The smallest absolute Gasteiger partial charge is 0.263 e. The Hall–Kier alpha value is -4.19. The largest absolute Gasteiger partial charge is 0.456 e. The van der Waals surface area contributed by atoms with Gasteiger partial charge < -0.3 is 9.32 Å². The van der Waals surface area contributed by atoms with Crippen molar-refractivity contribution in [2.24, 2.45) is 0 Å².